The molecule has 2 aliphatic rings. The first kappa shape index (κ1) is 29.9. The zero-order chi connectivity index (χ0) is 30.1. The summed E-state index contributed by atoms with van der Waals surface area (Å²) in [6.45, 7) is 3.65. The SMILES string of the molecule is O=C(NC1CCCCC1)c1cccc(CCCCn2cc(C(=O)N3CCOCC3)c3ccc(OCc4ccccc4)cc32)c1. The summed E-state index contributed by atoms with van der Waals surface area (Å²) >= 11 is 0. The van der Waals surface area contributed by atoms with Crippen molar-refractivity contribution in [3.63, 3.8) is 0 Å². The molecule has 1 aliphatic carbocycles. The number of amides is 2. The zero-order valence-corrected chi connectivity index (χ0v) is 25.5. The topological polar surface area (TPSA) is 72.8 Å². The third kappa shape index (κ3) is 7.51. The van der Waals surface area contributed by atoms with Gasteiger partial charge in [-0.2, -0.15) is 0 Å². The summed E-state index contributed by atoms with van der Waals surface area (Å²) in [4.78, 5) is 28.3. The maximum Gasteiger partial charge on any atom is 0.256 e. The normalized spacial score (nSPS) is 15.8. The van der Waals surface area contributed by atoms with E-state index in [4.69, 9.17) is 9.47 Å². The van der Waals surface area contributed by atoms with Crippen molar-refractivity contribution >= 4 is 22.7 Å². The van der Waals surface area contributed by atoms with Gasteiger partial charge in [0.05, 0.1) is 24.3 Å². The molecule has 1 aliphatic heterocycles. The van der Waals surface area contributed by atoms with Gasteiger partial charge in [-0.05, 0) is 67.5 Å². The second-order valence-electron chi connectivity index (χ2n) is 12.1. The number of carbonyl (C=O) groups is 2. The van der Waals surface area contributed by atoms with E-state index in [9.17, 15) is 9.59 Å². The Bertz CT molecular complexity index is 1550. The van der Waals surface area contributed by atoms with Crippen molar-refractivity contribution in [3.05, 3.63) is 101 Å². The summed E-state index contributed by atoms with van der Waals surface area (Å²) < 4.78 is 13.8. The number of carbonyl (C=O) groups excluding carboxylic acids is 2. The second kappa shape index (κ2) is 14.6. The Balaban J connectivity index is 1.12. The lowest BCUT2D eigenvalue weighted by Crippen LogP contribution is -2.40. The maximum absolute atomic E-state index is 13.5. The first-order valence-corrected chi connectivity index (χ1v) is 16.2. The van der Waals surface area contributed by atoms with Crippen LogP contribution >= 0.6 is 0 Å². The van der Waals surface area contributed by atoms with Gasteiger partial charge < -0.3 is 24.3 Å². The fourth-order valence-corrected chi connectivity index (χ4v) is 6.39. The van der Waals surface area contributed by atoms with Gasteiger partial charge in [-0.25, -0.2) is 0 Å². The van der Waals surface area contributed by atoms with Crippen molar-refractivity contribution in [3.8, 4) is 5.75 Å². The number of ether oxygens (including phenoxy) is 2. The molecule has 0 bridgehead atoms. The summed E-state index contributed by atoms with van der Waals surface area (Å²) in [7, 11) is 0. The zero-order valence-electron chi connectivity index (χ0n) is 25.5. The highest BCUT2D eigenvalue weighted by Gasteiger charge is 2.23. The van der Waals surface area contributed by atoms with E-state index in [0.717, 1.165) is 72.0 Å². The molecule has 3 aromatic carbocycles. The van der Waals surface area contributed by atoms with E-state index in [1.807, 2.05) is 59.6 Å². The quantitative estimate of drug-likeness (QED) is 0.195. The van der Waals surface area contributed by atoms with Gasteiger partial charge in [0, 0.05) is 48.9 Å². The number of unbranched alkanes of at least 4 members (excludes halogenated alkanes) is 1. The van der Waals surface area contributed by atoms with Gasteiger partial charge in [0.25, 0.3) is 11.8 Å². The fourth-order valence-electron chi connectivity index (χ4n) is 6.39. The summed E-state index contributed by atoms with van der Waals surface area (Å²) in [5, 5.41) is 4.18. The van der Waals surface area contributed by atoms with Gasteiger partial charge in [-0.3, -0.25) is 9.59 Å². The maximum atomic E-state index is 13.5. The molecule has 0 radical (unpaired) electrons. The average Bonchev–Trinajstić information content (AvgIpc) is 3.44. The molecule has 7 nitrogen and oxygen atoms in total. The van der Waals surface area contributed by atoms with Crippen LogP contribution in [0.5, 0.6) is 5.75 Å². The predicted molar refractivity (Wildman–Crippen MR) is 173 cm³/mol. The number of aryl methyl sites for hydroxylation is 2. The Kier molecular flexibility index (Phi) is 9.93. The molecule has 6 rings (SSSR count). The van der Waals surface area contributed by atoms with Crippen LogP contribution in [0.4, 0.5) is 0 Å². The van der Waals surface area contributed by atoms with Gasteiger partial charge >= 0.3 is 0 Å². The molecule has 44 heavy (non-hydrogen) atoms. The van der Waals surface area contributed by atoms with Crippen molar-refractivity contribution in [1.82, 2.24) is 14.8 Å². The molecule has 2 heterocycles. The van der Waals surface area contributed by atoms with Crippen molar-refractivity contribution < 1.29 is 19.1 Å². The number of fused-ring (bicyclic) bond motifs is 1. The first-order valence-electron chi connectivity index (χ1n) is 16.2. The van der Waals surface area contributed by atoms with E-state index >= 15 is 0 Å². The Morgan fingerprint density at radius 1 is 0.864 bits per heavy atom. The molecule has 2 fully saturated rings. The number of hydrogen-bond donors (Lipinski definition) is 1. The first-order chi connectivity index (χ1) is 21.6. The van der Waals surface area contributed by atoms with E-state index in [2.05, 4.69) is 34.1 Å². The summed E-state index contributed by atoms with van der Waals surface area (Å²) in [6.07, 6.45) is 10.7. The standard InChI is InChI=1S/C37H43N3O4/c41-36(38-31-15-5-2-6-16-31)30-14-9-13-28(24-30)10-7-8-19-40-26-34(37(42)39-20-22-43-23-21-39)33-18-17-32(25-35(33)40)44-27-29-11-3-1-4-12-29/h1,3-4,9,11-14,17-18,24-26,31H,2,5-8,10,15-16,19-23,27H2,(H,38,41). The molecule has 2 amide bonds. The van der Waals surface area contributed by atoms with Crippen LogP contribution < -0.4 is 10.1 Å². The van der Waals surface area contributed by atoms with Gasteiger partial charge in [-0.1, -0.05) is 61.7 Å². The van der Waals surface area contributed by atoms with Crippen LogP contribution in [0.25, 0.3) is 10.9 Å². The minimum Gasteiger partial charge on any atom is -0.489 e. The van der Waals surface area contributed by atoms with Crippen LogP contribution in [0.15, 0.2) is 79.0 Å². The second-order valence-corrected chi connectivity index (χ2v) is 12.1. The molecule has 1 N–H and O–H groups in total. The van der Waals surface area contributed by atoms with E-state index in [1.165, 1.54) is 24.8 Å². The van der Waals surface area contributed by atoms with Gasteiger partial charge in [0.15, 0.2) is 0 Å². The Labute approximate surface area is 260 Å². The largest absolute Gasteiger partial charge is 0.489 e. The van der Waals surface area contributed by atoms with E-state index in [0.29, 0.717) is 39.0 Å². The van der Waals surface area contributed by atoms with Crippen molar-refractivity contribution in [2.45, 2.75) is 70.6 Å². The van der Waals surface area contributed by atoms with Crippen LogP contribution in [-0.4, -0.2) is 53.6 Å². The van der Waals surface area contributed by atoms with Crippen molar-refractivity contribution in [2.24, 2.45) is 0 Å². The van der Waals surface area contributed by atoms with Crippen molar-refractivity contribution in [1.29, 1.82) is 0 Å². The van der Waals surface area contributed by atoms with Gasteiger partial charge in [0.2, 0.25) is 0 Å². The number of aromatic nitrogens is 1. The lowest BCUT2D eigenvalue weighted by atomic mass is 9.95. The Morgan fingerprint density at radius 2 is 1.66 bits per heavy atom. The van der Waals surface area contributed by atoms with E-state index < -0.39 is 0 Å². The minimum atomic E-state index is 0.0420. The third-order valence-corrected chi connectivity index (χ3v) is 8.87. The molecule has 0 spiro atoms. The van der Waals surface area contributed by atoms with E-state index in [-0.39, 0.29) is 11.8 Å². The van der Waals surface area contributed by atoms with E-state index in [1.54, 1.807) is 0 Å². The highest BCUT2D eigenvalue weighted by molar-refractivity contribution is 6.07. The molecule has 1 saturated carbocycles. The molecule has 0 unspecified atom stereocenters. The van der Waals surface area contributed by atoms with Crippen LogP contribution in [0.1, 0.15) is 76.8 Å². The molecular weight excluding hydrogens is 550 g/mol. The average molecular weight is 594 g/mol. The predicted octanol–water partition coefficient (Wildman–Crippen LogP) is 6.78. The highest BCUT2D eigenvalue weighted by atomic mass is 16.5. The molecule has 7 heteroatoms. The highest BCUT2D eigenvalue weighted by Crippen LogP contribution is 2.28. The number of benzene rings is 3. The monoisotopic (exact) mass is 593 g/mol. The Hall–Kier alpha value is -4.10. The Morgan fingerprint density at radius 3 is 2.48 bits per heavy atom. The summed E-state index contributed by atoms with van der Waals surface area (Å²) in [5.74, 6) is 0.882. The molecule has 1 aromatic heterocycles. The smallest absolute Gasteiger partial charge is 0.256 e. The van der Waals surface area contributed by atoms with Crippen molar-refractivity contribution in [2.75, 3.05) is 26.3 Å². The fraction of sp³-hybridized carbons (Fsp3) is 0.405. The lowest BCUT2D eigenvalue weighted by molar-refractivity contribution is 0.0304. The number of nitrogens with one attached hydrogen (secondary N) is 1. The van der Waals surface area contributed by atoms with Gasteiger partial charge in [0.1, 0.15) is 12.4 Å². The lowest BCUT2D eigenvalue weighted by Gasteiger charge is -2.26. The molecule has 4 aromatic rings. The third-order valence-electron chi connectivity index (χ3n) is 8.87. The summed E-state index contributed by atoms with van der Waals surface area (Å²) in [5.41, 5.74) is 4.78. The molecule has 1 saturated heterocycles. The number of morpholine rings is 1. The molecule has 230 valence electrons. The molecule has 0 atom stereocenters. The number of rotatable bonds is 11. The van der Waals surface area contributed by atoms with Crippen LogP contribution in [0, 0.1) is 0 Å². The summed E-state index contributed by atoms with van der Waals surface area (Å²) in [6, 6.07) is 24.5. The van der Waals surface area contributed by atoms with Gasteiger partial charge in [-0.15, -0.1) is 0 Å². The van der Waals surface area contributed by atoms with Crippen LogP contribution in [0.2, 0.25) is 0 Å². The number of nitrogens with zero attached hydrogens (tertiary/aromatic N) is 2. The molecular formula is C37H43N3O4. The minimum absolute atomic E-state index is 0.0420. The number of hydrogen-bond acceptors (Lipinski definition) is 4. The van der Waals surface area contributed by atoms with Crippen LogP contribution in [0.3, 0.4) is 0 Å². The van der Waals surface area contributed by atoms with Crippen LogP contribution in [-0.2, 0) is 24.3 Å².